The molecular weight excluding hydrogens is 421 g/mol. The lowest BCUT2D eigenvalue weighted by Gasteiger charge is -2.06. The fourth-order valence-corrected chi connectivity index (χ4v) is 3.84. The Morgan fingerprint density at radius 2 is 2.06 bits per heavy atom. The summed E-state index contributed by atoms with van der Waals surface area (Å²) < 4.78 is 2.39. The first kappa shape index (κ1) is 13.1. The summed E-state index contributed by atoms with van der Waals surface area (Å²) in [7, 11) is 0. The molecule has 1 aromatic carbocycles. The Kier molecular flexibility index (Phi) is 3.80. The van der Waals surface area contributed by atoms with E-state index >= 15 is 0 Å². The van der Waals surface area contributed by atoms with Gasteiger partial charge >= 0.3 is 0 Å². The molecule has 4 heteroatoms. The van der Waals surface area contributed by atoms with Crippen LogP contribution in [0.3, 0.4) is 0 Å². The highest BCUT2D eigenvalue weighted by Crippen LogP contribution is 2.43. The molecule has 1 atom stereocenters. The van der Waals surface area contributed by atoms with Crippen LogP contribution in [0.4, 0.5) is 0 Å². The van der Waals surface area contributed by atoms with E-state index in [-0.39, 0.29) is 6.04 Å². The predicted octanol–water partition coefficient (Wildman–Crippen LogP) is 5.19. The van der Waals surface area contributed by atoms with Crippen LogP contribution in [0.5, 0.6) is 0 Å². The Hall–Kier alpha value is 0.0900. The van der Waals surface area contributed by atoms with Gasteiger partial charge in [-0.15, -0.1) is 11.3 Å². The molecule has 1 nitrogen and oxygen atoms in total. The smallest absolute Gasteiger partial charge is 0.0418 e. The Labute approximate surface area is 133 Å². The summed E-state index contributed by atoms with van der Waals surface area (Å²) in [5.74, 6) is 0.722. The molecule has 2 aromatic rings. The van der Waals surface area contributed by atoms with E-state index in [0.29, 0.717) is 0 Å². The maximum Gasteiger partial charge on any atom is 0.0418 e. The topological polar surface area (TPSA) is 26.0 Å². The zero-order chi connectivity index (χ0) is 12.7. The molecule has 1 saturated carbocycles. The number of hydrogen-bond acceptors (Lipinski definition) is 2. The predicted molar refractivity (Wildman–Crippen MR) is 89.8 cm³/mol. The standard InChI is InChI=1S/C14H13BrINS/c15-10-7-9(3-4-11(10)16)12-5-6-13(18-12)14(17)8-1-2-8/h3-8,14H,1-2,17H2. The summed E-state index contributed by atoms with van der Waals surface area (Å²) in [6.07, 6.45) is 2.59. The number of rotatable bonds is 3. The lowest BCUT2D eigenvalue weighted by Crippen LogP contribution is -2.10. The van der Waals surface area contributed by atoms with Crippen LogP contribution < -0.4 is 5.73 Å². The number of hydrogen-bond donors (Lipinski definition) is 1. The maximum atomic E-state index is 6.25. The highest BCUT2D eigenvalue weighted by Gasteiger charge is 2.30. The van der Waals surface area contributed by atoms with Crippen LogP contribution in [-0.4, -0.2) is 0 Å². The first-order valence-electron chi connectivity index (χ1n) is 5.96. The summed E-state index contributed by atoms with van der Waals surface area (Å²) >= 11 is 7.74. The molecule has 1 aliphatic rings. The molecule has 3 rings (SSSR count). The molecule has 0 aliphatic heterocycles. The molecule has 0 spiro atoms. The Morgan fingerprint density at radius 3 is 2.72 bits per heavy atom. The van der Waals surface area contributed by atoms with E-state index in [0.717, 1.165) is 10.4 Å². The van der Waals surface area contributed by atoms with Crippen molar-refractivity contribution < 1.29 is 0 Å². The summed E-state index contributed by atoms with van der Waals surface area (Å²) in [6, 6.07) is 11.1. The largest absolute Gasteiger partial charge is 0.323 e. The SMILES string of the molecule is NC(c1ccc(-c2ccc(I)c(Br)c2)s1)C1CC1. The summed E-state index contributed by atoms with van der Waals surface area (Å²) in [5, 5.41) is 0. The van der Waals surface area contributed by atoms with Gasteiger partial charge in [0.2, 0.25) is 0 Å². The Morgan fingerprint density at radius 1 is 1.28 bits per heavy atom. The second-order valence-electron chi connectivity index (χ2n) is 4.69. The van der Waals surface area contributed by atoms with Crippen LogP contribution >= 0.6 is 49.9 Å². The Balaban J connectivity index is 1.89. The summed E-state index contributed by atoms with van der Waals surface area (Å²) in [4.78, 5) is 2.63. The molecule has 94 valence electrons. The molecule has 1 aromatic heterocycles. The van der Waals surface area contributed by atoms with Crippen molar-refractivity contribution in [2.75, 3.05) is 0 Å². The van der Waals surface area contributed by atoms with E-state index in [1.165, 1.54) is 31.7 Å². The van der Waals surface area contributed by atoms with Crippen LogP contribution in [0.1, 0.15) is 23.8 Å². The van der Waals surface area contributed by atoms with Gasteiger partial charge in [-0.3, -0.25) is 0 Å². The molecule has 1 aliphatic carbocycles. The summed E-state index contributed by atoms with van der Waals surface area (Å²) in [5.41, 5.74) is 7.51. The van der Waals surface area contributed by atoms with E-state index in [2.05, 4.69) is 68.9 Å². The van der Waals surface area contributed by atoms with E-state index < -0.39 is 0 Å². The van der Waals surface area contributed by atoms with Crippen molar-refractivity contribution in [2.45, 2.75) is 18.9 Å². The van der Waals surface area contributed by atoms with Crippen LogP contribution in [0.2, 0.25) is 0 Å². The zero-order valence-electron chi connectivity index (χ0n) is 9.70. The van der Waals surface area contributed by atoms with Crippen molar-refractivity contribution >= 4 is 49.9 Å². The van der Waals surface area contributed by atoms with Crippen LogP contribution in [0, 0.1) is 9.49 Å². The van der Waals surface area contributed by atoms with Gasteiger partial charge in [-0.1, -0.05) is 6.07 Å². The molecule has 0 radical (unpaired) electrons. The normalized spacial score (nSPS) is 16.8. The van der Waals surface area contributed by atoms with Crippen molar-refractivity contribution in [3.8, 4) is 10.4 Å². The Bertz CT molecular complexity index is 577. The van der Waals surface area contributed by atoms with Gasteiger partial charge in [-0.2, -0.15) is 0 Å². The quantitative estimate of drug-likeness (QED) is 0.662. The number of thiophene rings is 1. The molecular formula is C14H13BrINS. The van der Waals surface area contributed by atoms with E-state index in [9.17, 15) is 0 Å². The lowest BCUT2D eigenvalue weighted by atomic mass is 10.1. The third-order valence-corrected chi connectivity index (χ3v) is 6.86. The second-order valence-corrected chi connectivity index (χ2v) is 7.83. The minimum Gasteiger partial charge on any atom is -0.323 e. The molecule has 18 heavy (non-hydrogen) atoms. The number of halogens is 2. The first-order chi connectivity index (χ1) is 8.65. The third kappa shape index (κ3) is 2.66. The molecule has 1 heterocycles. The van der Waals surface area contributed by atoms with Gasteiger partial charge in [0.15, 0.2) is 0 Å². The fourth-order valence-electron chi connectivity index (χ4n) is 2.02. The second kappa shape index (κ2) is 5.23. The van der Waals surface area contributed by atoms with Gasteiger partial charge in [0.1, 0.15) is 0 Å². The molecule has 0 amide bonds. The minimum absolute atomic E-state index is 0.246. The van der Waals surface area contributed by atoms with Crippen molar-refractivity contribution in [3.05, 3.63) is 43.3 Å². The van der Waals surface area contributed by atoms with Crippen molar-refractivity contribution in [1.29, 1.82) is 0 Å². The van der Waals surface area contributed by atoms with Gasteiger partial charge in [0.05, 0.1) is 0 Å². The van der Waals surface area contributed by atoms with Gasteiger partial charge in [-0.05, 0) is 87.1 Å². The molecule has 2 N–H and O–H groups in total. The fraction of sp³-hybridized carbons (Fsp3) is 0.286. The van der Waals surface area contributed by atoms with Crippen LogP contribution in [0.15, 0.2) is 34.8 Å². The monoisotopic (exact) mass is 433 g/mol. The van der Waals surface area contributed by atoms with E-state index in [1.54, 1.807) is 0 Å². The van der Waals surface area contributed by atoms with Gasteiger partial charge in [0.25, 0.3) is 0 Å². The van der Waals surface area contributed by atoms with E-state index in [4.69, 9.17) is 5.73 Å². The average Bonchev–Trinajstić information content (AvgIpc) is 3.09. The van der Waals surface area contributed by atoms with Crippen LogP contribution in [0.25, 0.3) is 10.4 Å². The van der Waals surface area contributed by atoms with Crippen molar-refractivity contribution in [1.82, 2.24) is 0 Å². The zero-order valence-corrected chi connectivity index (χ0v) is 14.3. The van der Waals surface area contributed by atoms with Crippen molar-refractivity contribution in [3.63, 3.8) is 0 Å². The van der Waals surface area contributed by atoms with Gasteiger partial charge < -0.3 is 5.73 Å². The van der Waals surface area contributed by atoms with Gasteiger partial charge in [-0.25, -0.2) is 0 Å². The number of benzene rings is 1. The van der Waals surface area contributed by atoms with Crippen LogP contribution in [-0.2, 0) is 0 Å². The lowest BCUT2D eigenvalue weighted by molar-refractivity contribution is 0.645. The maximum absolute atomic E-state index is 6.25. The molecule has 0 bridgehead atoms. The molecule has 0 saturated heterocycles. The highest BCUT2D eigenvalue weighted by molar-refractivity contribution is 14.1. The average molecular weight is 434 g/mol. The molecule has 1 fully saturated rings. The number of nitrogens with two attached hydrogens (primary N) is 1. The van der Waals surface area contributed by atoms with Gasteiger partial charge in [0, 0.05) is 23.8 Å². The van der Waals surface area contributed by atoms with E-state index in [1.807, 2.05) is 11.3 Å². The highest BCUT2D eigenvalue weighted by atomic mass is 127. The van der Waals surface area contributed by atoms with Crippen molar-refractivity contribution in [2.24, 2.45) is 11.7 Å². The third-order valence-electron chi connectivity index (χ3n) is 3.29. The minimum atomic E-state index is 0.246. The molecule has 1 unspecified atom stereocenters. The summed E-state index contributed by atoms with van der Waals surface area (Å²) in [6.45, 7) is 0. The first-order valence-corrected chi connectivity index (χ1v) is 8.65.